The number of nitrogens with one attached hydrogen (secondary N) is 1. The van der Waals surface area contributed by atoms with Crippen LogP contribution in [0.5, 0.6) is 0 Å². The van der Waals surface area contributed by atoms with Gasteiger partial charge in [-0.2, -0.15) is 0 Å². The van der Waals surface area contributed by atoms with Gasteiger partial charge in [-0.1, -0.05) is 0 Å². The van der Waals surface area contributed by atoms with E-state index in [2.05, 4.69) is 17.9 Å². The van der Waals surface area contributed by atoms with Gasteiger partial charge in [-0.25, -0.2) is 4.79 Å². The molecule has 1 rings (SSSR count). The summed E-state index contributed by atoms with van der Waals surface area (Å²) < 4.78 is 0. The number of hydrogen-bond acceptors (Lipinski definition) is 3. The van der Waals surface area contributed by atoms with Gasteiger partial charge in [0.25, 0.3) is 5.91 Å². The van der Waals surface area contributed by atoms with Crippen LogP contribution in [0, 0.1) is 0 Å². The Morgan fingerprint density at radius 1 is 1.55 bits per heavy atom. The highest BCUT2D eigenvalue weighted by molar-refractivity contribution is 7.81. The molecule has 1 saturated heterocycles. The minimum atomic E-state index is -0.623. The molecule has 0 aromatic rings. The van der Waals surface area contributed by atoms with Gasteiger partial charge in [0.1, 0.15) is 0 Å². The first-order valence-corrected chi connectivity index (χ1v) is 3.87. The lowest BCUT2D eigenvalue weighted by Gasteiger charge is -2.21. The van der Waals surface area contributed by atoms with Gasteiger partial charge in [-0.3, -0.25) is 10.1 Å². The third-order valence-corrected chi connectivity index (χ3v) is 2.00. The minimum Gasteiger partial charge on any atom is -0.301 e. The Labute approximate surface area is 70.3 Å². The molecule has 0 aromatic heterocycles. The second-order valence-corrected chi connectivity index (χ2v) is 3.16. The fourth-order valence-electron chi connectivity index (χ4n) is 0.989. The zero-order valence-corrected chi connectivity index (χ0v) is 7.26. The van der Waals surface area contributed by atoms with Gasteiger partial charge < -0.3 is 4.90 Å². The Morgan fingerprint density at radius 2 is 2.09 bits per heavy atom. The average Bonchev–Trinajstić information content (AvgIpc) is 2.07. The predicted molar refractivity (Wildman–Crippen MR) is 43.3 cm³/mol. The van der Waals surface area contributed by atoms with Gasteiger partial charge >= 0.3 is 6.03 Å². The van der Waals surface area contributed by atoms with Crippen molar-refractivity contribution in [2.75, 3.05) is 0 Å². The zero-order chi connectivity index (χ0) is 8.59. The van der Waals surface area contributed by atoms with Gasteiger partial charge in [0.2, 0.25) is 0 Å². The SMILES string of the molecule is CC(C)N1C(=O)NC(=O)C1S. The second-order valence-electron chi connectivity index (χ2n) is 2.67. The van der Waals surface area contributed by atoms with Crippen molar-refractivity contribution in [3.05, 3.63) is 0 Å². The lowest BCUT2D eigenvalue weighted by atomic mass is 10.3. The van der Waals surface area contributed by atoms with Crippen LogP contribution in [0.4, 0.5) is 4.79 Å². The van der Waals surface area contributed by atoms with Crippen LogP contribution in [-0.2, 0) is 4.79 Å². The van der Waals surface area contributed by atoms with Crippen molar-refractivity contribution < 1.29 is 9.59 Å². The van der Waals surface area contributed by atoms with E-state index in [1.54, 1.807) is 0 Å². The smallest absolute Gasteiger partial charge is 0.301 e. The Hall–Kier alpha value is -0.710. The van der Waals surface area contributed by atoms with Crippen LogP contribution in [0.25, 0.3) is 0 Å². The molecule has 1 N–H and O–H groups in total. The van der Waals surface area contributed by atoms with Crippen molar-refractivity contribution in [2.45, 2.75) is 25.3 Å². The first kappa shape index (κ1) is 8.39. The molecule has 1 aliphatic heterocycles. The summed E-state index contributed by atoms with van der Waals surface area (Å²) in [5, 5.41) is 1.55. The van der Waals surface area contributed by atoms with Gasteiger partial charge in [-0.15, -0.1) is 12.6 Å². The molecule has 5 heteroatoms. The van der Waals surface area contributed by atoms with E-state index in [9.17, 15) is 9.59 Å². The van der Waals surface area contributed by atoms with Gasteiger partial charge in [0.05, 0.1) is 0 Å². The van der Waals surface area contributed by atoms with Crippen LogP contribution >= 0.6 is 12.6 Å². The molecule has 0 radical (unpaired) electrons. The summed E-state index contributed by atoms with van der Waals surface area (Å²) in [6.07, 6.45) is 0. The van der Waals surface area contributed by atoms with Crippen LogP contribution in [0.2, 0.25) is 0 Å². The van der Waals surface area contributed by atoms with Crippen molar-refractivity contribution in [2.24, 2.45) is 0 Å². The van der Waals surface area contributed by atoms with Crippen molar-refractivity contribution >= 4 is 24.6 Å². The molecule has 4 nitrogen and oxygen atoms in total. The number of nitrogens with zero attached hydrogens (tertiary/aromatic N) is 1. The summed E-state index contributed by atoms with van der Waals surface area (Å²) in [5.74, 6) is -0.341. The summed E-state index contributed by atoms with van der Waals surface area (Å²) in [5.41, 5.74) is 0. The van der Waals surface area contributed by atoms with Crippen LogP contribution in [-0.4, -0.2) is 28.3 Å². The zero-order valence-electron chi connectivity index (χ0n) is 6.37. The number of thiol groups is 1. The molecule has 0 spiro atoms. The minimum absolute atomic E-state index is 0.00366. The van der Waals surface area contributed by atoms with Crippen molar-refractivity contribution in [3.8, 4) is 0 Å². The number of carbonyl (C=O) groups excluding carboxylic acids is 2. The van der Waals surface area contributed by atoms with Crippen molar-refractivity contribution in [1.82, 2.24) is 10.2 Å². The molecule has 0 aliphatic carbocycles. The highest BCUT2D eigenvalue weighted by atomic mass is 32.1. The van der Waals surface area contributed by atoms with E-state index < -0.39 is 5.37 Å². The van der Waals surface area contributed by atoms with E-state index in [-0.39, 0.29) is 18.0 Å². The molecule has 0 bridgehead atoms. The molecule has 1 aliphatic rings. The van der Waals surface area contributed by atoms with Crippen LogP contribution in [0.3, 0.4) is 0 Å². The number of rotatable bonds is 1. The number of hydrogen-bond donors (Lipinski definition) is 2. The standard InChI is InChI=1S/C6H10N2O2S/c1-3(2)8-5(11)4(9)7-6(8)10/h3,5,11H,1-2H3,(H,7,9,10). The van der Waals surface area contributed by atoms with Gasteiger partial charge in [0.15, 0.2) is 5.37 Å². The van der Waals surface area contributed by atoms with E-state index in [0.717, 1.165) is 0 Å². The molecule has 1 unspecified atom stereocenters. The summed E-state index contributed by atoms with van der Waals surface area (Å²) in [6, 6.07) is -0.353. The molecule has 62 valence electrons. The van der Waals surface area contributed by atoms with Crippen molar-refractivity contribution in [3.63, 3.8) is 0 Å². The first-order valence-electron chi connectivity index (χ1n) is 3.35. The third kappa shape index (κ3) is 1.33. The molecule has 11 heavy (non-hydrogen) atoms. The van der Waals surface area contributed by atoms with E-state index in [1.807, 2.05) is 13.8 Å². The molecular formula is C6H10N2O2S. The van der Waals surface area contributed by atoms with Crippen LogP contribution in [0.1, 0.15) is 13.8 Å². The summed E-state index contributed by atoms with van der Waals surface area (Å²) in [6.45, 7) is 3.67. The normalized spacial score (nSPS) is 24.7. The van der Waals surface area contributed by atoms with E-state index >= 15 is 0 Å². The Bertz CT molecular complexity index is 205. The molecule has 0 aromatic carbocycles. The Balaban J connectivity index is 2.79. The third-order valence-electron chi connectivity index (χ3n) is 1.52. The van der Waals surface area contributed by atoms with E-state index in [0.29, 0.717) is 0 Å². The number of carbonyl (C=O) groups is 2. The molecular weight excluding hydrogens is 164 g/mol. The summed E-state index contributed by atoms with van der Waals surface area (Å²) in [7, 11) is 0. The maximum Gasteiger partial charge on any atom is 0.325 e. The summed E-state index contributed by atoms with van der Waals surface area (Å²) >= 11 is 3.97. The molecule has 3 amide bonds. The number of urea groups is 1. The van der Waals surface area contributed by atoms with E-state index in [1.165, 1.54) is 4.90 Å². The topological polar surface area (TPSA) is 49.4 Å². The van der Waals surface area contributed by atoms with Gasteiger partial charge in [-0.05, 0) is 13.8 Å². The molecule has 0 saturated carbocycles. The van der Waals surface area contributed by atoms with Crippen LogP contribution in [0.15, 0.2) is 0 Å². The quantitative estimate of drug-likeness (QED) is 0.441. The highest BCUT2D eigenvalue weighted by Crippen LogP contribution is 2.14. The number of amides is 3. The highest BCUT2D eigenvalue weighted by Gasteiger charge is 2.36. The lowest BCUT2D eigenvalue weighted by Crippen LogP contribution is -2.37. The Morgan fingerprint density at radius 3 is 2.27 bits per heavy atom. The average molecular weight is 174 g/mol. The monoisotopic (exact) mass is 174 g/mol. The molecule has 1 fully saturated rings. The fraction of sp³-hybridized carbons (Fsp3) is 0.667. The second kappa shape index (κ2) is 2.73. The van der Waals surface area contributed by atoms with Gasteiger partial charge in [0, 0.05) is 6.04 Å². The first-order chi connectivity index (χ1) is 5.04. The summed E-state index contributed by atoms with van der Waals surface area (Å²) in [4.78, 5) is 23.2. The predicted octanol–water partition coefficient (Wildman–Crippen LogP) is 0.202. The van der Waals surface area contributed by atoms with Crippen molar-refractivity contribution in [1.29, 1.82) is 0 Å². The Kier molecular flexibility index (Phi) is 2.08. The maximum atomic E-state index is 11.0. The lowest BCUT2D eigenvalue weighted by molar-refractivity contribution is -0.119. The number of imide groups is 1. The maximum absolute atomic E-state index is 11.0. The fourth-order valence-corrected chi connectivity index (χ4v) is 1.42. The van der Waals surface area contributed by atoms with Crippen LogP contribution < -0.4 is 5.32 Å². The van der Waals surface area contributed by atoms with E-state index in [4.69, 9.17) is 0 Å². The largest absolute Gasteiger partial charge is 0.325 e. The molecule has 1 heterocycles. The molecule has 1 atom stereocenters.